The van der Waals surface area contributed by atoms with Crippen molar-refractivity contribution < 1.29 is 14.5 Å². The normalized spacial score (nSPS) is 10.5. The number of benzene rings is 3. The minimum atomic E-state index is -0.596. The van der Waals surface area contributed by atoms with E-state index < -0.39 is 10.8 Å². The lowest BCUT2D eigenvalue weighted by molar-refractivity contribution is -0.384. The number of hydrogen-bond donors (Lipinski definition) is 1. The molecule has 0 aliphatic rings. The fourth-order valence-electron chi connectivity index (χ4n) is 2.81. The topological polar surface area (TPSA) is 92.6 Å². The number of nitrogens with zero attached hydrogens (tertiary/aromatic N) is 2. The highest BCUT2D eigenvalue weighted by Gasteiger charge is 2.20. The first kappa shape index (κ1) is 19.3. The molecule has 0 fully saturated rings. The molecule has 7 nitrogen and oxygen atoms in total. The highest BCUT2D eigenvalue weighted by atomic mass is 35.5. The van der Waals surface area contributed by atoms with Crippen molar-refractivity contribution in [3.8, 4) is 0 Å². The van der Waals surface area contributed by atoms with Gasteiger partial charge in [-0.2, -0.15) is 0 Å². The van der Waals surface area contributed by atoms with Crippen molar-refractivity contribution in [1.29, 1.82) is 0 Å². The summed E-state index contributed by atoms with van der Waals surface area (Å²) in [6.07, 6.45) is 0. The van der Waals surface area contributed by atoms with Crippen LogP contribution < -0.4 is 5.32 Å². The molecule has 142 valence electrons. The van der Waals surface area contributed by atoms with Crippen molar-refractivity contribution in [3.63, 3.8) is 0 Å². The highest BCUT2D eigenvalue weighted by Crippen LogP contribution is 2.24. The Morgan fingerprint density at radius 2 is 1.82 bits per heavy atom. The fraction of sp³-hybridized carbons (Fsp3) is 0.100. The van der Waals surface area contributed by atoms with Gasteiger partial charge in [-0.15, -0.1) is 0 Å². The van der Waals surface area contributed by atoms with E-state index in [1.54, 1.807) is 6.07 Å². The van der Waals surface area contributed by atoms with Crippen molar-refractivity contribution in [2.45, 2.75) is 0 Å². The Hall–Kier alpha value is -3.45. The van der Waals surface area contributed by atoms with Crippen LogP contribution in [0.2, 0.25) is 5.02 Å². The average Bonchev–Trinajstić information content (AvgIpc) is 2.67. The van der Waals surface area contributed by atoms with Gasteiger partial charge >= 0.3 is 0 Å². The summed E-state index contributed by atoms with van der Waals surface area (Å²) in [6, 6.07) is 16.8. The van der Waals surface area contributed by atoms with E-state index in [9.17, 15) is 19.7 Å². The number of nitrogens with one attached hydrogen (secondary N) is 1. The minimum absolute atomic E-state index is 0.0412. The van der Waals surface area contributed by atoms with E-state index in [2.05, 4.69) is 5.32 Å². The predicted molar refractivity (Wildman–Crippen MR) is 108 cm³/mol. The van der Waals surface area contributed by atoms with Crippen LogP contribution >= 0.6 is 11.6 Å². The lowest BCUT2D eigenvalue weighted by Crippen LogP contribution is -2.35. The number of anilines is 1. The third-order valence-corrected chi connectivity index (χ3v) is 4.50. The van der Waals surface area contributed by atoms with Gasteiger partial charge in [0.2, 0.25) is 5.91 Å². The largest absolute Gasteiger partial charge is 0.332 e. The van der Waals surface area contributed by atoms with Gasteiger partial charge in [-0.3, -0.25) is 19.7 Å². The molecule has 28 heavy (non-hydrogen) atoms. The zero-order valence-electron chi connectivity index (χ0n) is 14.9. The minimum Gasteiger partial charge on any atom is -0.332 e. The third-order valence-electron chi connectivity index (χ3n) is 4.19. The quantitative estimate of drug-likeness (QED) is 0.518. The number of carbonyl (C=O) groups is 2. The molecule has 0 spiro atoms. The van der Waals surface area contributed by atoms with Crippen LogP contribution in [0, 0.1) is 10.1 Å². The molecule has 0 saturated heterocycles. The molecule has 8 heteroatoms. The first-order valence-electron chi connectivity index (χ1n) is 8.34. The maximum absolute atomic E-state index is 12.5. The number of amides is 2. The fourth-order valence-corrected chi connectivity index (χ4v) is 3.06. The number of hydrogen-bond acceptors (Lipinski definition) is 4. The molecule has 0 aliphatic heterocycles. The Bertz CT molecular complexity index is 1080. The lowest BCUT2D eigenvalue weighted by atomic mass is 10.1. The predicted octanol–water partition coefficient (Wildman–Crippen LogP) is 4.11. The van der Waals surface area contributed by atoms with E-state index in [1.165, 1.54) is 24.1 Å². The van der Waals surface area contributed by atoms with E-state index in [0.29, 0.717) is 5.69 Å². The molecular formula is C20H16ClN3O4. The van der Waals surface area contributed by atoms with E-state index in [-0.39, 0.29) is 28.7 Å². The van der Waals surface area contributed by atoms with Gasteiger partial charge < -0.3 is 10.2 Å². The summed E-state index contributed by atoms with van der Waals surface area (Å²) in [4.78, 5) is 36.3. The van der Waals surface area contributed by atoms with Crippen LogP contribution in [-0.2, 0) is 4.79 Å². The maximum Gasteiger partial charge on any atom is 0.270 e. The molecule has 1 N–H and O–H groups in total. The van der Waals surface area contributed by atoms with Crippen LogP contribution in [-0.4, -0.2) is 35.2 Å². The Morgan fingerprint density at radius 1 is 1.11 bits per heavy atom. The van der Waals surface area contributed by atoms with Crippen LogP contribution in [0.25, 0.3) is 10.8 Å². The number of nitro groups is 1. The number of carbonyl (C=O) groups excluding carboxylic acids is 2. The summed E-state index contributed by atoms with van der Waals surface area (Å²) in [5.74, 6) is -0.877. The van der Waals surface area contributed by atoms with Gasteiger partial charge in [0.15, 0.2) is 0 Å². The third kappa shape index (κ3) is 4.10. The second-order valence-electron chi connectivity index (χ2n) is 6.16. The molecule has 0 atom stereocenters. The lowest BCUT2D eigenvalue weighted by Gasteiger charge is -2.18. The summed E-state index contributed by atoms with van der Waals surface area (Å²) in [5.41, 5.74) is 0.531. The number of rotatable bonds is 5. The number of fused-ring (bicyclic) bond motifs is 1. The van der Waals surface area contributed by atoms with Gasteiger partial charge in [0.1, 0.15) is 0 Å². The molecular weight excluding hydrogens is 382 g/mol. The van der Waals surface area contributed by atoms with E-state index in [1.807, 2.05) is 36.4 Å². The Morgan fingerprint density at radius 3 is 2.54 bits per heavy atom. The monoisotopic (exact) mass is 397 g/mol. The van der Waals surface area contributed by atoms with E-state index in [4.69, 9.17) is 11.6 Å². The Balaban J connectivity index is 1.71. The van der Waals surface area contributed by atoms with Gasteiger partial charge in [0.25, 0.3) is 11.6 Å². The Labute approximate surface area is 165 Å². The molecule has 0 aliphatic carbocycles. The smallest absolute Gasteiger partial charge is 0.270 e. The van der Waals surface area contributed by atoms with Crippen molar-refractivity contribution in [2.75, 3.05) is 18.9 Å². The summed E-state index contributed by atoms with van der Waals surface area (Å²) < 4.78 is 0. The van der Waals surface area contributed by atoms with Crippen molar-refractivity contribution >= 4 is 45.6 Å². The average molecular weight is 398 g/mol. The molecule has 0 unspecified atom stereocenters. The first-order valence-corrected chi connectivity index (χ1v) is 8.71. The number of halogens is 1. The summed E-state index contributed by atoms with van der Waals surface area (Å²) in [5, 5.41) is 15.4. The molecule has 3 aromatic rings. The second-order valence-corrected chi connectivity index (χ2v) is 6.56. The van der Waals surface area contributed by atoms with Crippen LogP contribution in [0.15, 0.2) is 60.7 Å². The van der Waals surface area contributed by atoms with Crippen molar-refractivity contribution in [3.05, 3.63) is 81.4 Å². The SMILES string of the molecule is CN(CC(=O)Nc1cccc2ccccc12)C(=O)c1ccc([N+](=O)[O-])cc1Cl. The molecule has 0 saturated carbocycles. The molecule has 0 radical (unpaired) electrons. The second kappa shape index (κ2) is 8.06. The molecule has 0 heterocycles. The highest BCUT2D eigenvalue weighted by molar-refractivity contribution is 6.34. The first-order chi connectivity index (χ1) is 13.4. The summed E-state index contributed by atoms with van der Waals surface area (Å²) in [7, 11) is 1.46. The maximum atomic E-state index is 12.5. The zero-order valence-corrected chi connectivity index (χ0v) is 15.6. The van der Waals surface area contributed by atoms with E-state index in [0.717, 1.165) is 16.8 Å². The molecule has 2 amide bonds. The molecule has 3 rings (SSSR count). The summed E-state index contributed by atoms with van der Waals surface area (Å²) in [6.45, 7) is -0.199. The van der Waals surface area contributed by atoms with Crippen molar-refractivity contribution in [2.24, 2.45) is 0 Å². The summed E-state index contributed by atoms with van der Waals surface area (Å²) >= 11 is 5.99. The number of nitro benzene ring substituents is 1. The van der Waals surface area contributed by atoms with Gasteiger partial charge in [-0.1, -0.05) is 48.0 Å². The van der Waals surface area contributed by atoms with E-state index >= 15 is 0 Å². The van der Waals surface area contributed by atoms with Crippen LogP contribution in [0.4, 0.5) is 11.4 Å². The molecule has 0 bridgehead atoms. The van der Waals surface area contributed by atoms with Crippen molar-refractivity contribution in [1.82, 2.24) is 4.90 Å². The number of non-ortho nitro benzene ring substituents is 1. The van der Waals surface area contributed by atoms with Gasteiger partial charge in [0, 0.05) is 30.3 Å². The van der Waals surface area contributed by atoms with Gasteiger partial charge in [-0.05, 0) is 17.5 Å². The van der Waals surface area contributed by atoms with Gasteiger partial charge in [0.05, 0.1) is 22.1 Å². The molecule has 0 aromatic heterocycles. The Kier molecular flexibility index (Phi) is 5.56. The standard InChI is InChI=1S/C20H16ClN3O4/c1-23(20(26)16-10-9-14(24(27)28)11-17(16)21)12-19(25)22-18-8-4-6-13-5-2-3-7-15(13)18/h2-11H,12H2,1H3,(H,22,25). The zero-order chi connectivity index (χ0) is 20.3. The number of likely N-dealkylation sites (N-methyl/N-ethyl adjacent to an activating group) is 1. The van der Waals surface area contributed by atoms with Gasteiger partial charge in [-0.25, -0.2) is 0 Å². The van der Waals surface area contributed by atoms with Crippen LogP contribution in [0.5, 0.6) is 0 Å². The van der Waals surface area contributed by atoms with Crippen LogP contribution in [0.3, 0.4) is 0 Å². The van der Waals surface area contributed by atoms with Crippen LogP contribution in [0.1, 0.15) is 10.4 Å². The molecule has 3 aromatic carbocycles.